The first-order chi connectivity index (χ1) is 11.7. The van der Waals surface area contributed by atoms with Crippen LogP contribution in [0.15, 0.2) is 48.8 Å². The van der Waals surface area contributed by atoms with Gasteiger partial charge in [0.15, 0.2) is 18.0 Å². The lowest BCUT2D eigenvalue weighted by Crippen LogP contribution is -2.20. The molecule has 1 amide bonds. The molecule has 1 aromatic carbocycles. The van der Waals surface area contributed by atoms with Crippen LogP contribution < -0.4 is 14.8 Å². The van der Waals surface area contributed by atoms with Crippen LogP contribution in [-0.2, 0) is 4.79 Å². The van der Waals surface area contributed by atoms with Crippen LogP contribution >= 0.6 is 0 Å². The van der Waals surface area contributed by atoms with E-state index in [0.717, 1.165) is 5.69 Å². The zero-order valence-corrected chi connectivity index (χ0v) is 13.7. The minimum atomic E-state index is -0.257. The molecule has 0 spiro atoms. The van der Waals surface area contributed by atoms with Gasteiger partial charge in [-0.15, -0.1) is 0 Å². The first kappa shape index (κ1) is 15.9. The monoisotopic (exact) mass is 325 g/mol. The highest BCUT2D eigenvalue weighted by Crippen LogP contribution is 2.24. The van der Waals surface area contributed by atoms with Gasteiger partial charge in [0, 0.05) is 12.4 Å². The summed E-state index contributed by atoms with van der Waals surface area (Å²) >= 11 is 0. The van der Waals surface area contributed by atoms with Crippen molar-refractivity contribution < 1.29 is 14.3 Å². The van der Waals surface area contributed by atoms with Crippen molar-refractivity contribution in [3.8, 4) is 11.5 Å². The summed E-state index contributed by atoms with van der Waals surface area (Å²) in [6.45, 7) is 4.24. The lowest BCUT2D eigenvalue weighted by molar-refractivity contribution is -0.118. The highest BCUT2D eigenvalue weighted by atomic mass is 16.5. The molecular weight excluding hydrogens is 306 g/mol. The fraction of sp³-hybridized carbons (Fsp3) is 0.222. The van der Waals surface area contributed by atoms with Gasteiger partial charge in [-0.1, -0.05) is 12.1 Å². The number of aryl methyl sites for hydroxylation is 1. The van der Waals surface area contributed by atoms with Gasteiger partial charge in [0.2, 0.25) is 0 Å². The van der Waals surface area contributed by atoms with Crippen LogP contribution in [0.25, 0.3) is 5.65 Å². The Kier molecular flexibility index (Phi) is 4.65. The van der Waals surface area contributed by atoms with E-state index in [2.05, 4.69) is 10.3 Å². The molecule has 0 saturated carbocycles. The third kappa shape index (κ3) is 3.48. The molecule has 2 heterocycles. The zero-order valence-electron chi connectivity index (χ0n) is 13.7. The quantitative estimate of drug-likeness (QED) is 0.756. The molecule has 0 aliphatic carbocycles. The average molecular weight is 325 g/mol. The molecule has 0 aliphatic heterocycles. The van der Waals surface area contributed by atoms with E-state index in [9.17, 15) is 4.79 Å². The van der Waals surface area contributed by atoms with Crippen LogP contribution in [0, 0.1) is 6.92 Å². The molecule has 2 aromatic heterocycles. The number of carbonyl (C=O) groups is 1. The summed E-state index contributed by atoms with van der Waals surface area (Å²) in [5, 5.41) is 2.80. The van der Waals surface area contributed by atoms with Crippen LogP contribution in [0.1, 0.15) is 12.6 Å². The molecule has 3 aromatic rings. The minimum absolute atomic E-state index is 0.105. The summed E-state index contributed by atoms with van der Waals surface area (Å²) in [4.78, 5) is 16.6. The molecule has 6 heteroatoms. The average Bonchev–Trinajstić information content (AvgIpc) is 2.96. The lowest BCUT2D eigenvalue weighted by Gasteiger charge is -2.12. The lowest BCUT2D eigenvalue weighted by atomic mass is 10.3. The second kappa shape index (κ2) is 7.04. The van der Waals surface area contributed by atoms with Crippen LogP contribution in [0.3, 0.4) is 0 Å². The molecule has 1 N–H and O–H groups in total. The number of rotatable bonds is 6. The summed E-state index contributed by atoms with van der Waals surface area (Å²) in [6.07, 6.45) is 3.79. The summed E-state index contributed by atoms with van der Waals surface area (Å²) in [6, 6.07) is 11.0. The molecular formula is C18H19N3O3. The second-order valence-corrected chi connectivity index (χ2v) is 5.25. The van der Waals surface area contributed by atoms with E-state index < -0.39 is 0 Å². The molecule has 24 heavy (non-hydrogen) atoms. The van der Waals surface area contributed by atoms with E-state index in [1.165, 1.54) is 0 Å². The van der Waals surface area contributed by atoms with E-state index >= 15 is 0 Å². The number of pyridine rings is 1. The summed E-state index contributed by atoms with van der Waals surface area (Å²) in [7, 11) is 0. The number of para-hydroxylation sites is 2. The smallest absolute Gasteiger partial charge is 0.262 e. The van der Waals surface area contributed by atoms with E-state index in [1.54, 1.807) is 12.1 Å². The Hall–Kier alpha value is -3.02. The first-order valence-corrected chi connectivity index (χ1v) is 7.76. The van der Waals surface area contributed by atoms with Crippen molar-refractivity contribution in [2.75, 3.05) is 18.5 Å². The zero-order chi connectivity index (χ0) is 16.9. The molecule has 0 bridgehead atoms. The molecule has 6 nitrogen and oxygen atoms in total. The molecule has 0 radical (unpaired) electrons. The molecule has 0 fully saturated rings. The Balaban J connectivity index is 1.67. The Labute approximate surface area is 140 Å². The highest BCUT2D eigenvalue weighted by molar-refractivity contribution is 5.93. The van der Waals surface area contributed by atoms with E-state index in [1.807, 2.05) is 54.9 Å². The Morgan fingerprint density at radius 2 is 1.96 bits per heavy atom. The number of hydrogen-bond acceptors (Lipinski definition) is 4. The number of aromatic nitrogens is 2. The number of carbonyl (C=O) groups excluding carboxylic acids is 1. The number of nitrogens with zero attached hydrogens (tertiary/aromatic N) is 2. The van der Waals surface area contributed by atoms with E-state index in [0.29, 0.717) is 29.4 Å². The van der Waals surface area contributed by atoms with Crippen LogP contribution in [-0.4, -0.2) is 28.5 Å². The van der Waals surface area contributed by atoms with Crippen LogP contribution in [0.2, 0.25) is 0 Å². The molecule has 124 valence electrons. The van der Waals surface area contributed by atoms with Gasteiger partial charge in [0.25, 0.3) is 5.91 Å². The Morgan fingerprint density at radius 1 is 1.17 bits per heavy atom. The molecule has 3 rings (SSSR count). The van der Waals surface area contributed by atoms with Gasteiger partial charge in [0.1, 0.15) is 5.75 Å². The number of fused-ring (bicyclic) bond motifs is 1. The number of anilines is 1. The van der Waals surface area contributed by atoms with Crippen molar-refractivity contribution >= 4 is 17.2 Å². The topological polar surface area (TPSA) is 64.9 Å². The van der Waals surface area contributed by atoms with Crippen LogP contribution in [0.5, 0.6) is 11.5 Å². The predicted molar refractivity (Wildman–Crippen MR) is 91.7 cm³/mol. The Morgan fingerprint density at radius 3 is 2.79 bits per heavy atom. The van der Waals surface area contributed by atoms with Gasteiger partial charge in [-0.3, -0.25) is 4.79 Å². The third-order valence-electron chi connectivity index (χ3n) is 3.39. The SMILES string of the molecule is CCOc1ccccc1NC(=O)COc1cccn2cc(C)nc12. The second-order valence-electron chi connectivity index (χ2n) is 5.25. The van der Waals surface area contributed by atoms with Gasteiger partial charge >= 0.3 is 0 Å². The van der Waals surface area contributed by atoms with Crippen LogP contribution in [0.4, 0.5) is 5.69 Å². The normalized spacial score (nSPS) is 10.6. The number of amides is 1. The summed E-state index contributed by atoms with van der Waals surface area (Å²) in [5.41, 5.74) is 2.21. The highest BCUT2D eigenvalue weighted by Gasteiger charge is 2.10. The maximum Gasteiger partial charge on any atom is 0.262 e. The number of nitrogens with one attached hydrogen (secondary N) is 1. The molecule has 0 unspecified atom stereocenters. The van der Waals surface area contributed by atoms with Gasteiger partial charge < -0.3 is 19.2 Å². The van der Waals surface area contributed by atoms with E-state index in [-0.39, 0.29) is 12.5 Å². The number of benzene rings is 1. The van der Waals surface area contributed by atoms with Crippen molar-refractivity contribution in [2.45, 2.75) is 13.8 Å². The van der Waals surface area contributed by atoms with Crippen molar-refractivity contribution in [1.29, 1.82) is 0 Å². The first-order valence-electron chi connectivity index (χ1n) is 7.76. The molecule has 0 atom stereocenters. The number of hydrogen-bond donors (Lipinski definition) is 1. The van der Waals surface area contributed by atoms with Gasteiger partial charge in [-0.05, 0) is 38.1 Å². The maximum atomic E-state index is 12.2. The number of imidazole rings is 1. The third-order valence-corrected chi connectivity index (χ3v) is 3.39. The van der Waals surface area contributed by atoms with Gasteiger partial charge in [0.05, 0.1) is 18.0 Å². The number of ether oxygens (including phenoxy) is 2. The molecule has 0 aliphatic rings. The minimum Gasteiger partial charge on any atom is -0.492 e. The van der Waals surface area contributed by atoms with Gasteiger partial charge in [-0.2, -0.15) is 0 Å². The predicted octanol–water partition coefficient (Wildman–Crippen LogP) is 3.06. The largest absolute Gasteiger partial charge is 0.492 e. The summed E-state index contributed by atoms with van der Waals surface area (Å²) < 4.78 is 13.0. The molecule has 0 saturated heterocycles. The fourth-order valence-corrected chi connectivity index (χ4v) is 2.40. The van der Waals surface area contributed by atoms with Gasteiger partial charge in [-0.25, -0.2) is 4.98 Å². The van der Waals surface area contributed by atoms with Crippen molar-refractivity contribution in [2.24, 2.45) is 0 Å². The Bertz CT molecular complexity index is 858. The van der Waals surface area contributed by atoms with Crippen molar-refractivity contribution in [3.05, 3.63) is 54.5 Å². The van der Waals surface area contributed by atoms with Crippen molar-refractivity contribution in [1.82, 2.24) is 9.38 Å². The van der Waals surface area contributed by atoms with E-state index in [4.69, 9.17) is 9.47 Å². The summed E-state index contributed by atoms with van der Waals surface area (Å²) in [5.74, 6) is 0.950. The standard InChI is InChI=1S/C18H19N3O3/c1-3-23-15-8-5-4-7-14(15)20-17(22)12-24-16-9-6-10-21-11-13(2)19-18(16)21/h4-11H,3,12H2,1-2H3,(H,20,22). The fourth-order valence-electron chi connectivity index (χ4n) is 2.40. The maximum absolute atomic E-state index is 12.2. The van der Waals surface area contributed by atoms with Crippen molar-refractivity contribution in [3.63, 3.8) is 0 Å².